The molecule has 0 aromatic rings. The second-order valence-corrected chi connectivity index (χ2v) is 3.48. The van der Waals surface area contributed by atoms with Gasteiger partial charge in [-0.05, 0) is 0 Å². The Hall–Kier alpha value is -0.620. The first-order valence-electron chi connectivity index (χ1n) is 3.82. The Labute approximate surface area is 83.5 Å². The van der Waals surface area contributed by atoms with Gasteiger partial charge in [-0.2, -0.15) is 0 Å². The highest BCUT2D eigenvalue weighted by molar-refractivity contribution is 9.09. The largest absolute Gasteiger partial charge is 0.480 e. The molecule has 2 N–H and O–H groups in total. The number of halogens is 1. The average molecular weight is 252 g/mol. The van der Waals surface area contributed by atoms with Crippen molar-refractivity contribution in [3.63, 3.8) is 0 Å². The number of aliphatic hydroxyl groups is 1. The van der Waals surface area contributed by atoms with Gasteiger partial charge in [-0.3, -0.25) is 4.79 Å². The van der Waals surface area contributed by atoms with Crippen molar-refractivity contribution in [3.05, 3.63) is 0 Å². The molecule has 1 aliphatic heterocycles. The molecule has 0 bridgehead atoms. The Morgan fingerprint density at radius 3 is 2.62 bits per heavy atom. The molecule has 6 heteroatoms. The SMILES string of the molecule is O=C(O)[C@@H]1C[C@@H](O)CN1C(=O)CBr. The number of hydrogen-bond donors (Lipinski definition) is 2. The van der Waals surface area contributed by atoms with Gasteiger partial charge in [0.15, 0.2) is 0 Å². The molecule has 0 radical (unpaired) electrons. The van der Waals surface area contributed by atoms with Crippen LogP contribution in [0.5, 0.6) is 0 Å². The molecular formula is C7H10BrNO4. The number of carboxylic acids is 1. The monoisotopic (exact) mass is 251 g/mol. The van der Waals surface area contributed by atoms with E-state index in [9.17, 15) is 14.7 Å². The van der Waals surface area contributed by atoms with E-state index in [-0.39, 0.29) is 24.2 Å². The van der Waals surface area contributed by atoms with Crippen molar-refractivity contribution in [2.45, 2.75) is 18.6 Å². The van der Waals surface area contributed by atoms with Gasteiger partial charge in [0.2, 0.25) is 5.91 Å². The Morgan fingerprint density at radius 1 is 1.54 bits per heavy atom. The molecule has 1 fully saturated rings. The van der Waals surface area contributed by atoms with Crippen LogP contribution in [-0.4, -0.2) is 51.0 Å². The van der Waals surface area contributed by atoms with Crippen LogP contribution in [0.2, 0.25) is 0 Å². The number of carboxylic acid groups (broad SMARTS) is 1. The van der Waals surface area contributed by atoms with Gasteiger partial charge >= 0.3 is 5.97 Å². The number of alkyl halides is 1. The molecule has 0 saturated carbocycles. The van der Waals surface area contributed by atoms with Crippen molar-refractivity contribution in [2.24, 2.45) is 0 Å². The van der Waals surface area contributed by atoms with E-state index in [0.29, 0.717) is 0 Å². The number of hydrogen-bond acceptors (Lipinski definition) is 3. The number of rotatable bonds is 2. The lowest BCUT2D eigenvalue weighted by Gasteiger charge is -2.19. The van der Waals surface area contributed by atoms with E-state index in [0.717, 1.165) is 0 Å². The van der Waals surface area contributed by atoms with E-state index in [1.165, 1.54) is 4.90 Å². The van der Waals surface area contributed by atoms with Crippen molar-refractivity contribution < 1.29 is 19.8 Å². The number of amides is 1. The minimum absolute atomic E-state index is 0.0868. The van der Waals surface area contributed by atoms with Gasteiger partial charge in [-0.1, -0.05) is 15.9 Å². The number of carbonyl (C=O) groups is 2. The van der Waals surface area contributed by atoms with Gasteiger partial charge in [0.1, 0.15) is 6.04 Å². The van der Waals surface area contributed by atoms with Gasteiger partial charge in [-0.25, -0.2) is 4.79 Å². The Bertz CT molecular complexity index is 233. The summed E-state index contributed by atoms with van der Waals surface area (Å²) in [6, 6.07) is -0.875. The number of aliphatic carboxylic acids is 1. The molecule has 1 saturated heterocycles. The molecule has 0 aromatic heterocycles. The first kappa shape index (κ1) is 10.5. The molecular weight excluding hydrogens is 242 g/mol. The topological polar surface area (TPSA) is 77.8 Å². The lowest BCUT2D eigenvalue weighted by Crippen LogP contribution is -2.41. The third kappa shape index (κ3) is 2.19. The molecule has 1 aliphatic rings. The predicted molar refractivity (Wildman–Crippen MR) is 47.6 cm³/mol. The fourth-order valence-electron chi connectivity index (χ4n) is 1.40. The highest BCUT2D eigenvalue weighted by atomic mass is 79.9. The second-order valence-electron chi connectivity index (χ2n) is 2.92. The van der Waals surface area contributed by atoms with Crippen LogP contribution >= 0.6 is 15.9 Å². The standard InChI is InChI=1S/C7H10BrNO4/c8-2-6(11)9-3-4(10)1-5(9)7(12)13/h4-5,10H,1-3H2,(H,12,13)/t4-,5+/m1/s1. The van der Waals surface area contributed by atoms with Crippen LogP contribution in [0.25, 0.3) is 0 Å². The molecule has 2 atom stereocenters. The van der Waals surface area contributed by atoms with Gasteiger partial charge in [0, 0.05) is 13.0 Å². The third-order valence-electron chi connectivity index (χ3n) is 2.00. The zero-order valence-corrected chi connectivity index (χ0v) is 8.40. The van der Waals surface area contributed by atoms with Gasteiger partial charge < -0.3 is 15.1 Å². The van der Waals surface area contributed by atoms with E-state index >= 15 is 0 Å². The zero-order valence-electron chi connectivity index (χ0n) is 6.81. The first-order chi connectivity index (χ1) is 6.06. The van der Waals surface area contributed by atoms with Crippen LogP contribution in [0.15, 0.2) is 0 Å². The summed E-state index contributed by atoms with van der Waals surface area (Å²) >= 11 is 2.96. The Morgan fingerprint density at radius 2 is 2.15 bits per heavy atom. The molecule has 1 heterocycles. The predicted octanol–water partition coefficient (Wildman–Crippen LogP) is -0.572. The highest BCUT2D eigenvalue weighted by Gasteiger charge is 2.38. The van der Waals surface area contributed by atoms with Crippen molar-refractivity contribution in [1.29, 1.82) is 0 Å². The Kier molecular flexibility index (Phi) is 3.27. The lowest BCUT2D eigenvalue weighted by atomic mass is 10.2. The van der Waals surface area contributed by atoms with Crippen LogP contribution < -0.4 is 0 Å². The highest BCUT2D eigenvalue weighted by Crippen LogP contribution is 2.18. The fraction of sp³-hybridized carbons (Fsp3) is 0.714. The van der Waals surface area contributed by atoms with Crippen LogP contribution in [0.3, 0.4) is 0 Å². The normalized spacial score (nSPS) is 27.7. The van der Waals surface area contributed by atoms with Gasteiger partial charge in [-0.15, -0.1) is 0 Å². The maximum Gasteiger partial charge on any atom is 0.326 e. The first-order valence-corrected chi connectivity index (χ1v) is 4.94. The van der Waals surface area contributed by atoms with E-state index in [1.54, 1.807) is 0 Å². The summed E-state index contributed by atoms with van der Waals surface area (Å²) in [7, 11) is 0. The second kappa shape index (κ2) is 4.06. The average Bonchev–Trinajstić information content (AvgIpc) is 2.46. The van der Waals surface area contributed by atoms with Crippen molar-refractivity contribution in [2.75, 3.05) is 11.9 Å². The molecule has 1 rings (SSSR count). The van der Waals surface area contributed by atoms with Crippen LogP contribution in [0.4, 0.5) is 0 Å². The number of carbonyl (C=O) groups excluding carboxylic acids is 1. The van der Waals surface area contributed by atoms with Gasteiger partial charge in [0.05, 0.1) is 11.4 Å². The minimum atomic E-state index is -1.06. The van der Waals surface area contributed by atoms with Crippen molar-refractivity contribution in [3.8, 4) is 0 Å². The zero-order chi connectivity index (χ0) is 10.0. The van der Waals surface area contributed by atoms with Gasteiger partial charge in [0.25, 0.3) is 0 Å². The summed E-state index contributed by atoms with van der Waals surface area (Å²) in [4.78, 5) is 23.0. The molecule has 74 valence electrons. The summed E-state index contributed by atoms with van der Waals surface area (Å²) in [6.45, 7) is 0.113. The van der Waals surface area contributed by atoms with Crippen molar-refractivity contribution in [1.82, 2.24) is 4.90 Å². The van der Waals surface area contributed by atoms with Crippen LogP contribution in [-0.2, 0) is 9.59 Å². The molecule has 13 heavy (non-hydrogen) atoms. The smallest absolute Gasteiger partial charge is 0.326 e. The van der Waals surface area contributed by atoms with E-state index in [2.05, 4.69) is 15.9 Å². The summed E-state index contributed by atoms with van der Waals surface area (Å²) in [5.74, 6) is -1.37. The van der Waals surface area contributed by atoms with Crippen LogP contribution in [0, 0.1) is 0 Å². The van der Waals surface area contributed by atoms with Crippen LogP contribution in [0.1, 0.15) is 6.42 Å². The van der Waals surface area contributed by atoms with E-state index < -0.39 is 18.1 Å². The van der Waals surface area contributed by atoms with E-state index in [1.807, 2.05) is 0 Å². The van der Waals surface area contributed by atoms with Crippen molar-refractivity contribution >= 4 is 27.8 Å². The number of likely N-dealkylation sites (tertiary alicyclic amines) is 1. The molecule has 0 spiro atoms. The quantitative estimate of drug-likeness (QED) is 0.645. The lowest BCUT2D eigenvalue weighted by molar-refractivity contribution is -0.147. The number of aliphatic hydroxyl groups excluding tert-OH is 1. The number of nitrogens with zero attached hydrogens (tertiary/aromatic N) is 1. The molecule has 5 nitrogen and oxygen atoms in total. The molecule has 0 unspecified atom stereocenters. The minimum Gasteiger partial charge on any atom is -0.480 e. The Balaban J connectivity index is 2.71. The van der Waals surface area contributed by atoms with E-state index in [4.69, 9.17) is 5.11 Å². The summed E-state index contributed by atoms with van der Waals surface area (Å²) < 4.78 is 0. The summed E-state index contributed by atoms with van der Waals surface area (Å²) in [5, 5.41) is 18.0. The third-order valence-corrected chi connectivity index (χ3v) is 2.48. The maximum absolute atomic E-state index is 11.2. The fourth-order valence-corrected chi connectivity index (χ4v) is 1.72. The number of β-amino-alcohol motifs (C(OH)–C–C–N with tert-alkyl or cyclic N) is 1. The molecule has 1 amide bonds. The maximum atomic E-state index is 11.2. The molecule has 0 aliphatic carbocycles. The summed E-state index contributed by atoms with van der Waals surface area (Å²) in [5.41, 5.74) is 0. The summed E-state index contributed by atoms with van der Waals surface area (Å²) in [6.07, 6.45) is -0.599. The molecule has 0 aromatic carbocycles.